The van der Waals surface area contributed by atoms with E-state index in [1.54, 1.807) is 0 Å². The molecule has 0 spiro atoms. The molecule has 29 heavy (non-hydrogen) atoms. The van der Waals surface area contributed by atoms with Gasteiger partial charge in [0.05, 0.1) is 0 Å². The molecule has 0 radical (unpaired) electrons. The molecule has 0 fully saturated rings. The van der Waals surface area contributed by atoms with Crippen LogP contribution < -0.4 is 5.32 Å². The molecule has 0 aliphatic rings. The highest BCUT2D eigenvalue weighted by Gasteiger charge is 2.26. The molecule has 6 heteroatoms. The maximum atomic E-state index is 12.6. The van der Waals surface area contributed by atoms with Gasteiger partial charge in [-0.15, -0.1) is 0 Å². The molecular formula is C23H26ClN3O2. The molecule has 2 aromatic carbocycles. The largest absolute Gasteiger partial charge is 0.344 e. The van der Waals surface area contributed by atoms with E-state index in [0.717, 1.165) is 23.1 Å². The van der Waals surface area contributed by atoms with Crippen LogP contribution >= 0.6 is 11.6 Å². The number of benzene rings is 2. The monoisotopic (exact) mass is 411 g/mol. The first-order valence-corrected chi connectivity index (χ1v) is 10.3. The molecule has 3 aromatic rings. The summed E-state index contributed by atoms with van der Waals surface area (Å²) >= 11 is 6.22. The first-order valence-electron chi connectivity index (χ1n) is 9.91. The van der Waals surface area contributed by atoms with E-state index in [-0.39, 0.29) is 17.9 Å². The maximum absolute atomic E-state index is 12.6. The lowest BCUT2D eigenvalue weighted by molar-refractivity contribution is -0.122. The zero-order valence-electron chi connectivity index (χ0n) is 17.0. The smallest absolute Gasteiger partial charge is 0.249 e. The Balaban J connectivity index is 1.72. The van der Waals surface area contributed by atoms with Gasteiger partial charge in [-0.3, -0.25) is 4.79 Å². The standard InChI is InChI=1S/C23H26ClN3O2/c1-4-15(2)21(25-20(28)13-11-17-8-6-5-7-9-17)23-26-22(27-29-23)18-12-10-16(3)19(24)14-18/h5-10,12,14-15,21H,4,11,13H2,1-3H3,(H,25,28)/t15-,21-/m0/s1. The van der Waals surface area contributed by atoms with E-state index in [2.05, 4.69) is 29.3 Å². The van der Waals surface area contributed by atoms with E-state index in [9.17, 15) is 4.79 Å². The Hall–Kier alpha value is -2.66. The van der Waals surface area contributed by atoms with Crippen LogP contribution in [-0.2, 0) is 11.2 Å². The third-order valence-corrected chi connectivity index (χ3v) is 5.56. The van der Waals surface area contributed by atoms with E-state index < -0.39 is 0 Å². The number of carbonyl (C=O) groups excluding carboxylic acids is 1. The predicted molar refractivity (Wildman–Crippen MR) is 115 cm³/mol. The minimum absolute atomic E-state index is 0.0303. The van der Waals surface area contributed by atoms with E-state index in [1.807, 2.05) is 55.5 Å². The Morgan fingerprint density at radius 3 is 2.66 bits per heavy atom. The molecular weight excluding hydrogens is 386 g/mol. The van der Waals surface area contributed by atoms with Crippen molar-refractivity contribution in [3.63, 3.8) is 0 Å². The van der Waals surface area contributed by atoms with Gasteiger partial charge in [0.1, 0.15) is 6.04 Å². The van der Waals surface area contributed by atoms with Crippen molar-refractivity contribution in [1.29, 1.82) is 0 Å². The van der Waals surface area contributed by atoms with Gasteiger partial charge in [0.25, 0.3) is 0 Å². The van der Waals surface area contributed by atoms with Crippen LogP contribution in [0.25, 0.3) is 11.4 Å². The van der Waals surface area contributed by atoms with Crippen molar-refractivity contribution in [3.8, 4) is 11.4 Å². The van der Waals surface area contributed by atoms with Gasteiger partial charge in [-0.05, 0) is 36.5 Å². The molecule has 1 aromatic heterocycles. The molecule has 0 unspecified atom stereocenters. The van der Waals surface area contributed by atoms with Gasteiger partial charge in [-0.25, -0.2) is 0 Å². The van der Waals surface area contributed by atoms with Gasteiger partial charge in [0.15, 0.2) is 0 Å². The van der Waals surface area contributed by atoms with Crippen molar-refractivity contribution in [1.82, 2.24) is 15.5 Å². The number of halogens is 1. The molecule has 0 saturated carbocycles. The average Bonchev–Trinajstić information content (AvgIpc) is 3.22. The number of rotatable bonds is 8. The van der Waals surface area contributed by atoms with E-state index in [0.29, 0.717) is 29.6 Å². The lowest BCUT2D eigenvalue weighted by atomic mass is 9.98. The van der Waals surface area contributed by atoms with Crippen LogP contribution in [0.15, 0.2) is 53.1 Å². The summed E-state index contributed by atoms with van der Waals surface area (Å²) in [5.74, 6) is 1.01. The molecule has 3 rings (SSSR count). The summed E-state index contributed by atoms with van der Waals surface area (Å²) in [4.78, 5) is 17.1. The van der Waals surface area contributed by atoms with Crippen molar-refractivity contribution >= 4 is 17.5 Å². The highest BCUT2D eigenvalue weighted by atomic mass is 35.5. The normalized spacial score (nSPS) is 13.1. The van der Waals surface area contributed by atoms with Gasteiger partial charge in [0, 0.05) is 17.0 Å². The number of nitrogens with zero attached hydrogens (tertiary/aromatic N) is 2. The highest BCUT2D eigenvalue weighted by Crippen LogP contribution is 2.27. The summed E-state index contributed by atoms with van der Waals surface area (Å²) in [5, 5.41) is 7.83. The molecule has 2 atom stereocenters. The minimum atomic E-state index is -0.328. The molecule has 0 aliphatic heterocycles. The predicted octanol–water partition coefficient (Wildman–Crippen LogP) is 5.53. The molecule has 152 valence electrons. The quantitative estimate of drug-likeness (QED) is 0.528. The van der Waals surface area contributed by atoms with Crippen LogP contribution in [0.3, 0.4) is 0 Å². The van der Waals surface area contributed by atoms with Crippen molar-refractivity contribution < 1.29 is 9.32 Å². The van der Waals surface area contributed by atoms with Crippen LogP contribution in [0.1, 0.15) is 49.7 Å². The second-order valence-electron chi connectivity index (χ2n) is 7.34. The van der Waals surface area contributed by atoms with Crippen molar-refractivity contribution in [2.45, 2.75) is 46.1 Å². The second-order valence-corrected chi connectivity index (χ2v) is 7.74. The minimum Gasteiger partial charge on any atom is -0.344 e. The molecule has 1 heterocycles. The van der Waals surface area contributed by atoms with Crippen molar-refractivity contribution in [2.24, 2.45) is 5.92 Å². The third-order valence-electron chi connectivity index (χ3n) is 5.15. The summed E-state index contributed by atoms with van der Waals surface area (Å²) in [5.41, 5.74) is 2.91. The lowest BCUT2D eigenvalue weighted by Gasteiger charge is -2.20. The average molecular weight is 412 g/mol. The number of hydrogen-bond acceptors (Lipinski definition) is 4. The van der Waals surface area contributed by atoms with E-state index in [4.69, 9.17) is 16.1 Å². The summed E-state index contributed by atoms with van der Waals surface area (Å²) < 4.78 is 5.52. The first-order chi connectivity index (χ1) is 14.0. The molecule has 0 bridgehead atoms. The van der Waals surface area contributed by atoms with Gasteiger partial charge in [0.2, 0.25) is 17.6 Å². The van der Waals surface area contributed by atoms with E-state index >= 15 is 0 Å². The number of hydrogen-bond donors (Lipinski definition) is 1. The topological polar surface area (TPSA) is 68.0 Å². The van der Waals surface area contributed by atoms with Gasteiger partial charge >= 0.3 is 0 Å². The van der Waals surface area contributed by atoms with Gasteiger partial charge in [-0.1, -0.05) is 79.5 Å². The molecule has 1 amide bonds. The summed E-state index contributed by atoms with van der Waals surface area (Å²) in [6.45, 7) is 6.08. The third kappa shape index (κ3) is 5.45. The molecule has 5 nitrogen and oxygen atoms in total. The first kappa shape index (κ1) is 21.1. The number of aromatic nitrogens is 2. The zero-order valence-corrected chi connectivity index (χ0v) is 17.7. The fourth-order valence-electron chi connectivity index (χ4n) is 3.04. The Kier molecular flexibility index (Phi) is 7.04. The summed E-state index contributed by atoms with van der Waals surface area (Å²) in [6, 6.07) is 15.3. The highest BCUT2D eigenvalue weighted by molar-refractivity contribution is 6.31. The molecule has 0 saturated heterocycles. The van der Waals surface area contributed by atoms with Crippen LogP contribution in [0.5, 0.6) is 0 Å². The van der Waals surface area contributed by atoms with E-state index in [1.165, 1.54) is 0 Å². The van der Waals surface area contributed by atoms with Crippen LogP contribution in [0.4, 0.5) is 0 Å². The van der Waals surface area contributed by atoms with Crippen LogP contribution in [0.2, 0.25) is 5.02 Å². The SMILES string of the molecule is CC[C@H](C)[C@H](NC(=O)CCc1ccccc1)c1nc(-c2ccc(C)c(Cl)c2)no1. The van der Waals surface area contributed by atoms with Crippen molar-refractivity contribution in [2.75, 3.05) is 0 Å². The number of aryl methyl sites for hydroxylation is 2. The Morgan fingerprint density at radius 2 is 1.97 bits per heavy atom. The molecule has 1 N–H and O–H groups in total. The number of carbonyl (C=O) groups is 1. The maximum Gasteiger partial charge on any atom is 0.249 e. The molecule has 0 aliphatic carbocycles. The number of amides is 1. The van der Waals surface area contributed by atoms with Crippen LogP contribution in [-0.4, -0.2) is 16.0 Å². The zero-order chi connectivity index (χ0) is 20.8. The van der Waals surface area contributed by atoms with Gasteiger partial charge < -0.3 is 9.84 Å². The van der Waals surface area contributed by atoms with Crippen LogP contribution in [0, 0.1) is 12.8 Å². The fraction of sp³-hybridized carbons (Fsp3) is 0.348. The van der Waals surface area contributed by atoms with Gasteiger partial charge in [-0.2, -0.15) is 4.98 Å². The Labute approximate surface area is 176 Å². The fourth-order valence-corrected chi connectivity index (χ4v) is 3.22. The number of nitrogens with one attached hydrogen (secondary N) is 1. The second kappa shape index (κ2) is 9.70. The summed E-state index contributed by atoms with van der Waals surface area (Å²) in [7, 11) is 0. The lowest BCUT2D eigenvalue weighted by Crippen LogP contribution is -2.32. The summed E-state index contributed by atoms with van der Waals surface area (Å²) in [6.07, 6.45) is 1.97. The van der Waals surface area contributed by atoms with Crippen molar-refractivity contribution in [3.05, 3.63) is 70.6 Å². The Bertz CT molecular complexity index is 956. The Morgan fingerprint density at radius 1 is 1.21 bits per heavy atom.